The second kappa shape index (κ2) is 7.65. The quantitative estimate of drug-likeness (QED) is 0.638. The molecule has 0 fully saturated rings. The summed E-state index contributed by atoms with van der Waals surface area (Å²) in [5.41, 5.74) is 2.14. The van der Waals surface area contributed by atoms with Crippen molar-refractivity contribution >= 4 is 17.3 Å². The van der Waals surface area contributed by atoms with Crippen LogP contribution in [0.3, 0.4) is 0 Å². The van der Waals surface area contributed by atoms with E-state index in [1.54, 1.807) is 6.92 Å². The summed E-state index contributed by atoms with van der Waals surface area (Å²) < 4.78 is 10.8. The molecule has 7 heteroatoms. The molecule has 2 aromatic rings. The molecule has 1 atom stereocenters. The maximum Gasteiger partial charge on any atom is 0.271 e. The van der Waals surface area contributed by atoms with Gasteiger partial charge in [0.2, 0.25) is 0 Å². The number of nitrogens with zero attached hydrogens (tertiary/aromatic N) is 1. The molecule has 0 aromatic heterocycles. The van der Waals surface area contributed by atoms with E-state index < -0.39 is 16.9 Å². The number of rotatable bonds is 6. The Morgan fingerprint density at radius 1 is 1.16 bits per heavy atom. The number of hydrogen-bond acceptors (Lipinski definition) is 5. The van der Waals surface area contributed by atoms with Crippen molar-refractivity contribution in [2.75, 3.05) is 12.4 Å². The first-order valence-corrected chi connectivity index (χ1v) is 7.68. The van der Waals surface area contributed by atoms with Crippen molar-refractivity contribution in [3.05, 3.63) is 57.6 Å². The van der Waals surface area contributed by atoms with Crippen LogP contribution in [0.5, 0.6) is 11.5 Å². The number of nitro benzene ring substituents is 1. The zero-order valence-electron chi connectivity index (χ0n) is 14.5. The monoisotopic (exact) mass is 344 g/mol. The van der Waals surface area contributed by atoms with E-state index in [1.807, 2.05) is 32.0 Å². The first-order chi connectivity index (χ1) is 11.8. The van der Waals surface area contributed by atoms with Crippen LogP contribution >= 0.6 is 0 Å². The molecule has 0 aliphatic heterocycles. The molecule has 132 valence electrons. The average Bonchev–Trinajstić information content (AvgIpc) is 2.53. The van der Waals surface area contributed by atoms with E-state index in [1.165, 1.54) is 25.3 Å². The SMILES string of the molecule is COc1ccc([N+](=O)[O-])cc1NC(=O)C(C)Oc1cc(C)cc(C)c1. The fraction of sp³-hybridized carbons (Fsp3) is 0.278. The van der Waals surface area contributed by atoms with Crippen LogP contribution in [0, 0.1) is 24.0 Å². The number of amides is 1. The van der Waals surface area contributed by atoms with Gasteiger partial charge in [-0.2, -0.15) is 0 Å². The van der Waals surface area contributed by atoms with Gasteiger partial charge in [-0.05, 0) is 50.1 Å². The van der Waals surface area contributed by atoms with E-state index in [0.29, 0.717) is 11.5 Å². The fourth-order valence-electron chi connectivity index (χ4n) is 2.40. The summed E-state index contributed by atoms with van der Waals surface area (Å²) in [6.07, 6.45) is -0.787. The Kier molecular flexibility index (Phi) is 5.59. The van der Waals surface area contributed by atoms with E-state index in [-0.39, 0.29) is 11.4 Å². The van der Waals surface area contributed by atoms with Gasteiger partial charge in [0, 0.05) is 12.1 Å². The normalized spacial score (nSPS) is 11.5. The lowest BCUT2D eigenvalue weighted by atomic mass is 10.1. The highest BCUT2D eigenvalue weighted by molar-refractivity contribution is 5.95. The van der Waals surface area contributed by atoms with E-state index in [4.69, 9.17) is 9.47 Å². The number of nitro groups is 1. The van der Waals surface area contributed by atoms with Crippen molar-refractivity contribution in [3.8, 4) is 11.5 Å². The first kappa shape index (κ1) is 18.3. The van der Waals surface area contributed by atoms with Gasteiger partial charge >= 0.3 is 0 Å². The van der Waals surface area contributed by atoms with Gasteiger partial charge in [-0.15, -0.1) is 0 Å². The summed E-state index contributed by atoms with van der Waals surface area (Å²) in [6.45, 7) is 5.49. The standard InChI is InChI=1S/C18H20N2O5/c1-11-7-12(2)9-15(8-11)25-13(3)18(21)19-16-10-14(20(22)23)5-6-17(16)24-4/h5-10,13H,1-4H3,(H,19,21). The maximum absolute atomic E-state index is 12.4. The second-order valence-electron chi connectivity index (χ2n) is 5.71. The number of aryl methyl sites for hydroxylation is 2. The molecule has 0 spiro atoms. The van der Waals surface area contributed by atoms with Gasteiger partial charge in [-0.1, -0.05) is 6.07 Å². The fourth-order valence-corrected chi connectivity index (χ4v) is 2.40. The molecule has 0 saturated carbocycles. The summed E-state index contributed by atoms with van der Waals surface area (Å²) in [7, 11) is 1.42. The highest BCUT2D eigenvalue weighted by atomic mass is 16.6. The van der Waals surface area contributed by atoms with Crippen molar-refractivity contribution in [2.24, 2.45) is 0 Å². The summed E-state index contributed by atoms with van der Waals surface area (Å²) in [4.78, 5) is 22.7. The van der Waals surface area contributed by atoms with Crippen molar-refractivity contribution in [3.63, 3.8) is 0 Å². The minimum Gasteiger partial charge on any atom is -0.495 e. The second-order valence-corrected chi connectivity index (χ2v) is 5.71. The Bertz CT molecular complexity index is 784. The lowest BCUT2D eigenvalue weighted by molar-refractivity contribution is -0.384. The molecule has 25 heavy (non-hydrogen) atoms. The van der Waals surface area contributed by atoms with E-state index >= 15 is 0 Å². The van der Waals surface area contributed by atoms with Gasteiger partial charge in [0.15, 0.2) is 6.10 Å². The molecule has 1 unspecified atom stereocenters. The molecule has 2 aromatic carbocycles. The highest BCUT2D eigenvalue weighted by Gasteiger charge is 2.19. The van der Waals surface area contributed by atoms with Gasteiger partial charge in [-0.3, -0.25) is 14.9 Å². The van der Waals surface area contributed by atoms with Crippen LogP contribution < -0.4 is 14.8 Å². The lowest BCUT2D eigenvalue weighted by Gasteiger charge is -2.16. The van der Waals surface area contributed by atoms with Crippen LogP contribution in [0.1, 0.15) is 18.1 Å². The van der Waals surface area contributed by atoms with Gasteiger partial charge in [0.05, 0.1) is 17.7 Å². The maximum atomic E-state index is 12.4. The summed E-state index contributed by atoms with van der Waals surface area (Å²) in [5, 5.41) is 13.5. The summed E-state index contributed by atoms with van der Waals surface area (Å²) in [6, 6.07) is 9.68. The molecular weight excluding hydrogens is 324 g/mol. The van der Waals surface area contributed by atoms with Gasteiger partial charge < -0.3 is 14.8 Å². The molecular formula is C18H20N2O5. The average molecular weight is 344 g/mol. The summed E-state index contributed by atoms with van der Waals surface area (Å²) in [5.74, 6) is 0.488. The molecule has 0 saturated heterocycles. The van der Waals surface area contributed by atoms with Crippen molar-refractivity contribution in [1.82, 2.24) is 0 Å². The largest absolute Gasteiger partial charge is 0.495 e. The Morgan fingerprint density at radius 3 is 2.36 bits per heavy atom. The third-order valence-electron chi connectivity index (χ3n) is 3.53. The molecule has 2 rings (SSSR count). The Balaban J connectivity index is 2.15. The van der Waals surface area contributed by atoms with Crippen molar-refractivity contribution in [1.29, 1.82) is 0 Å². The topological polar surface area (TPSA) is 90.7 Å². The van der Waals surface area contributed by atoms with E-state index in [9.17, 15) is 14.9 Å². The zero-order valence-corrected chi connectivity index (χ0v) is 14.5. The minimum absolute atomic E-state index is 0.140. The number of ether oxygens (including phenoxy) is 2. The first-order valence-electron chi connectivity index (χ1n) is 7.68. The smallest absolute Gasteiger partial charge is 0.271 e. The molecule has 1 N–H and O–H groups in total. The number of carbonyl (C=O) groups excluding carboxylic acids is 1. The summed E-state index contributed by atoms with van der Waals surface area (Å²) >= 11 is 0. The van der Waals surface area contributed by atoms with E-state index in [2.05, 4.69) is 5.32 Å². The molecule has 1 amide bonds. The van der Waals surface area contributed by atoms with Crippen LogP contribution in [-0.4, -0.2) is 24.0 Å². The van der Waals surface area contributed by atoms with Crippen LogP contribution in [0.25, 0.3) is 0 Å². The van der Waals surface area contributed by atoms with Gasteiger partial charge in [0.25, 0.3) is 11.6 Å². The van der Waals surface area contributed by atoms with Crippen LogP contribution in [-0.2, 0) is 4.79 Å². The number of anilines is 1. The van der Waals surface area contributed by atoms with Gasteiger partial charge in [-0.25, -0.2) is 0 Å². The number of benzene rings is 2. The minimum atomic E-state index is -0.787. The van der Waals surface area contributed by atoms with E-state index in [0.717, 1.165) is 11.1 Å². The van der Waals surface area contributed by atoms with Crippen LogP contribution in [0.4, 0.5) is 11.4 Å². The third kappa shape index (κ3) is 4.69. The molecule has 0 bridgehead atoms. The molecule has 0 radical (unpaired) electrons. The number of nitrogens with one attached hydrogen (secondary N) is 1. The number of methoxy groups -OCH3 is 1. The predicted octanol–water partition coefficient (Wildman–Crippen LogP) is 3.63. The zero-order chi connectivity index (χ0) is 18.6. The Labute approximate surface area is 145 Å². The lowest BCUT2D eigenvalue weighted by Crippen LogP contribution is -2.30. The van der Waals surface area contributed by atoms with Crippen LogP contribution in [0.15, 0.2) is 36.4 Å². The van der Waals surface area contributed by atoms with Crippen LogP contribution in [0.2, 0.25) is 0 Å². The van der Waals surface area contributed by atoms with Crippen molar-refractivity contribution < 1.29 is 19.2 Å². The number of non-ortho nitro benzene ring substituents is 1. The number of hydrogen-bond donors (Lipinski definition) is 1. The molecule has 0 heterocycles. The highest BCUT2D eigenvalue weighted by Crippen LogP contribution is 2.29. The third-order valence-corrected chi connectivity index (χ3v) is 3.53. The molecule has 0 aliphatic rings. The molecule has 7 nitrogen and oxygen atoms in total. The number of carbonyl (C=O) groups is 1. The van der Waals surface area contributed by atoms with Gasteiger partial charge in [0.1, 0.15) is 11.5 Å². The van der Waals surface area contributed by atoms with Crippen molar-refractivity contribution in [2.45, 2.75) is 26.9 Å². The molecule has 0 aliphatic carbocycles. The predicted molar refractivity (Wildman–Crippen MR) is 94.3 cm³/mol. The Morgan fingerprint density at radius 2 is 1.80 bits per heavy atom. The Hall–Kier alpha value is -3.09.